The van der Waals surface area contributed by atoms with Crippen LogP contribution in [0.2, 0.25) is 0 Å². The molecule has 0 saturated heterocycles. The van der Waals surface area contributed by atoms with Gasteiger partial charge in [0.25, 0.3) is 5.56 Å². The molecule has 11 heteroatoms. The number of aromatic nitrogens is 2. The molecule has 0 amide bonds. The normalized spacial score (nSPS) is 11.2. The van der Waals surface area contributed by atoms with Gasteiger partial charge < -0.3 is 14.8 Å². The molecule has 2 heterocycles. The zero-order chi connectivity index (χ0) is 22.6. The molecule has 0 spiro atoms. The summed E-state index contributed by atoms with van der Waals surface area (Å²) >= 11 is 0. The maximum atomic E-state index is 12.9. The number of fused-ring (bicyclic) bond motifs is 1. The molecule has 2 rings (SSSR count). The van der Waals surface area contributed by atoms with Crippen molar-refractivity contribution in [3.05, 3.63) is 38.3 Å². The summed E-state index contributed by atoms with van der Waals surface area (Å²) in [6.45, 7) is 8.16. The van der Waals surface area contributed by atoms with Crippen molar-refractivity contribution in [2.75, 3.05) is 18.5 Å². The lowest BCUT2D eigenvalue weighted by Gasteiger charge is -2.20. The highest BCUT2D eigenvalue weighted by Crippen LogP contribution is 2.31. The predicted octanol–water partition coefficient (Wildman–Crippen LogP) is 2.25. The second kappa shape index (κ2) is 8.89. The maximum Gasteiger partial charge on any atom is 0.343 e. The summed E-state index contributed by atoms with van der Waals surface area (Å²) in [5.41, 5.74) is -2.22. The van der Waals surface area contributed by atoms with E-state index in [2.05, 4.69) is 10.3 Å². The number of esters is 2. The smallest absolute Gasteiger partial charge is 0.343 e. The van der Waals surface area contributed by atoms with Crippen LogP contribution in [0.1, 0.15) is 45.0 Å². The van der Waals surface area contributed by atoms with Crippen LogP contribution in [0.4, 0.5) is 11.4 Å². The summed E-state index contributed by atoms with van der Waals surface area (Å²) in [6, 6.07) is 1.19. The fraction of sp³-hybridized carbons (Fsp3) is 0.474. The number of carbonyl (C=O) groups is 2. The number of ether oxygens (including phenoxy) is 2. The zero-order valence-electron chi connectivity index (χ0n) is 17.5. The third kappa shape index (κ3) is 4.91. The second-order valence-electron chi connectivity index (χ2n) is 7.30. The van der Waals surface area contributed by atoms with E-state index in [-0.39, 0.29) is 34.6 Å². The summed E-state index contributed by atoms with van der Waals surface area (Å²) in [7, 11) is 0. The molecular formula is C19H24N4O7. The molecule has 1 N–H and O–H groups in total. The van der Waals surface area contributed by atoms with Gasteiger partial charge in [0.1, 0.15) is 35.2 Å². The van der Waals surface area contributed by atoms with Crippen molar-refractivity contribution in [3.63, 3.8) is 0 Å². The Bertz CT molecular complexity index is 1050. The minimum absolute atomic E-state index is 0.000424. The average molecular weight is 420 g/mol. The number of pyridine rings is 2. The first-order valence-corrected chi connectivity index (χ1v) is 9.33. The summed E-state index contributed by atoms with van der Waals surface area (Å²) in [6.07, 6.45) is 0.995. The van der Waals surface area contributed by atoms with Gasteiger partial charge in [-0.15, -0.1) is 0 Å². The Morgan fingerprint density at radius 3 is 2.50 bits per heavy atom. The number of nitro groups is 1. The Balaban J connectivity index is 2.82. The number of rotatable bonds is 7. The van der Waals surface area contributed by atoms with E-state index in [1.165, 1.54) is 6.07 Å². The Morgan fingerprint density at radius 1 is 1.30 bits per heavy atom. The number of nitrogens with one attached hydrogen (secondary N) is 1. The third-order valence-corrected chi connectivity index (χ3v) is 3.85. The van der Waals surface area contributed by atoms with Crippen LogP contribution >= 0.6 is 0 Å². The molecule has 162 valence electrons. The average Bonchev–Trinajstić information content (AvgIpc) is 2.62. The molecule has 0 radical (unpaired) electrons. The minimum atomic E-state index is -0.906. The lowest BCUT2D eigenvalue weighted by molar-refractivity contribution is -0.384. The van der Waals surface area contributed by atoms with Crippen molar-refractivity contribution in [1.82, 2.24) is 9.55 Å². The molecule has 0 aromatic carbocycles. The van der Waals surface area contributed by atoms with Gasteiger partial charge in [0.2, 0.25) is 0 Å². The van der Waals surface area contributed by atoms with E-state index in [1.807, 2.05) is 0 Å². The van der Waals surface area contributed by atoms with Crippen LogP contribution in [0.5, 0.6) is 0 Å². The van der Waals surface area contributed by atoms with E-state index >= 15 is 0 Å². The van der Waals surface area contributed by atoms with Gasteiger partial charge in [-0.1, -0.05) is 0 Å². The van der Waals surface area contributed by atoms with E-state index in [0.717, 1.165) is 10.8 Å². The number of hydrogen-bond donors (Lipinski definition) is 1. The largest absolute Gasteiger partial charge is 0.462 e. The molecule has 0 aliphatic rings. The first kappa shape index (κ1) is 22.8. The monoisotopic (exact) mass is 420 g/mol. The minimum Gasteiger partial charge on any atom is -0.462 e. The summed E-state index contributed by atoms with van der Waals surface area (Å²) in [4.78, 5) is 52.5. The fourth-order valence-corrected chi connectivity index (χ4v) is 2.81. The highest BCUT2D eigenvalue weighted by Gasteiger charge is 2.26. The van der Waals surface area contributed by atoms with E-state index in [1.54, 1.807) is 34.6 Å². The van der Waals surface area contributed by atoms with Gasteiger partial charge in [-0.2, -0.15) is 0 Å². The number of anilines is 1. The van der Waals surface area contributed by atoms with Crippen LogP contribution in [0.3, 0.4) is 0 Å². The van der Waals surface area contributed by atoms with Gasteiger partial charge in [0.15, 0.2) is 0 Å². The van der Waals surface area contributed by atoms with Crippen molar-refractivity contribution in [2.24, 2.45) is 0 Å². The molecule has 0 saturated carbocycles. The first-order chi connectivity index (χ1) is 14.0. The van der Waals surface area contributed by atoms with Crippen LogP contribution in [0.15, 0.2) is 17.1 Å². The molecule has 30 heavy (non-hydrogen) atoms. The fourth-order valence-electron chi connectivity index (χ4n) is 2.81. The third-order valence-electron chi connectivity index (χ3n) is 3.85. The van der Waals surface area contributed by atoms with Crippen molar-refractivity contribution in [1.29, 1.82) is 0 Å². The van der Waals surface area contributed by atoms with E-state index < -0.39 is 34.6 Å². The number of hydrogen-bond acceptors (Lipinski definition) is 9. The predicted molar refractivity (Wildman–Crippen MR) is 109 cm³/mol. The van der Waals surface area contributed by atoms with Crippen LogP contribution in [-0.2, 0) is 20.8 Å². The van der Waals surface area contributed by atoms with Crippen LogP contribution in [0.25, 0.3) is 11.0 Å². The lowest BCUT2D eigenvalue weighted by atomic mass is 10.1. The SMILES string of the molecule is CCNc1c([N+](=O)[O-])cnc2c1cc(C(=O)OCC)c(=O)n2CC(=O)OC(C)(C)C. The van der Waals surface area contributed by atoms with Gasteiger partial charge in [0, 0.05) is 11.9 Å². The second-order valence-corrected chi connectivity index (χ2v) is 7.30. The van der Waals surface area contributed by atoms with E-state index in [0.29, 0.717) is 6.54 Å². The maximum absolute atomic E-state index is 12.9. The topological polar surface area (TPSA) is 143 Å². The molecule has 0 unspecified atom stereocenters. The summed E-state index contributed by atoms with van der Waals surface area (Å²) < 4.78 is 11.2. The van der Waals surface area contributed by atoms with Gasteiger partial charge >= 0.3 is 17.6 Å². The highest BCUT2D eigenvalue weighted by molar-refractivity contribution is 5.99. The molecule has 11 nitrogen and oxygen atoms in total. The molecule has 0 bridgehead atoms. The van der Waals surface area contributed by atoms with Crippen molar-refractivity contribution in [3.8, 4) is 0 Å². The van der Waals surface area contributed by atoms with Gasteiger partial charge in [-0.05, 0) is 40.7 Å². The standard InChI is InChI=1S/C19H24N4O7/c1-6-20-15-11-8-12(18(26)29-7-2)17(25)22(10-14(24)30-19(3,4)5)16(11)21-9-13(15)23(27)28/h8-9H,6-7,10H2,1-5H3,(H,20,21). The molecule has 0 fully saturated rings. The highest BCUT2D eigenvalue weighted by atomic mass is 16.6. The van der Waals surface area contributed by atoms with Crippen molar-refractivity contribution >= 4 is 34.3 Å². The van der Waals surface area contributed by atoms with Crippen LogP contribution in [0, 0.1) is 10.1 Å². The van der Waals surface area contributed by atoms with E-state index in [9.17, 15) is 24.5 Å². The summed E-state index contributed by atoms with van der Waals surface area (Å²) in [5, 5.41) is 14.4. The molecular weight excluding hydrogens is 396 g/mol. The zero-order valence-corrected chi connectivity index (χ0v) is 17.5. The molecule has 0 atom stereocenters. The Hall–Kier alpha value is -3.50. The molecule has 2 aromatic rings. The van der Waals surface area contributed by atoms with Crippen molar-refractivity contribution < 1.29 is 24.0 Å². The number of carbonyl (C=O) groups excluding carboxylic acids is 2. The van der Waals surface area contributed by atoms with E-state index in [4.69, 9.17) is 9.47 Å². The van der Waals surface area contributed by atoms with Gasteiger partial charge in [0.05, 0.1) is 11.5 Å². The Morgan fingerprint density at radius 2 is 1.97 bits per heavy atom. The first-order valence-electron chi connectivity index (χ1n) is 9.33. The van der Waals surface area contributed by atoms with Gasteiger partial charge in [-0.3, -0.25) is 24.3 Å². The summed E-state index contributed by atoms with van der Waals surface area (Å²) in [5.74, 6) is -1.63. The van der Waals surface area contributed by atoms with Gasteiger partial charge in [-0.25, -0.2) is 9.78 Å². The Kier molecular flexibility index (Phi) is 6.75. The number of nitrogens with zero attached hydrogens (tertiary/aromatic N) is 3. The molecule has 0 aliphatic heterocycles. The molecule has 2 aromatic heterocycles. The van der Waals surface area contributed by atoms with Crippen LogP contribution < -0.4 is 10.9 Å². The van der Waals surface area contributed by atoms with Crippen molar-refractivity contribution in [2.45, 2.75) is 46.8 Å². The quantitative estimate of drug-likeness (QED) is 0.405. The Labute approximate surface area is 172 Å². The lowest BCUT2D eigenvalue weighted by Crippen LogP contribution is -2.33. The van der Waals surface area contributed by atoms with Crippen LogP contribution in [-0.4, -0.2) is 45.2 Å². The molecule has 0 aliphatic carbocycles.